The van der Waals surface area contributed by atoms with E-state index in [-0.39, 0.29) is 24.3 Å². The van der Waals surface area contributed by atoms with Crippen molar-refractivity contribution in [2.45, 2.75) is 32.2 Å². The zero-order chi connectivity index (χ0) is 15.8. The van der Waals surface area contributed by atoms with Crippen LogP contribution in [0.4, 0.5) is 4.79 Å². The second kappa shape index (κ2) is 5.54. The van der Waals surface area contributed by atoms with Gasteiger partial charge in [0.25, 0.3) is 0 Å². The van der Waals surface area contributed by atoms with Crippen molar-refractivity contribution in [3.8, 4) is 0 Å². The van der Waals surface area contributed by atoms with Crippen LogP contribution >= 0.6 is 0 Å². The Bertz CT molecular complexity index is 463. The van der Waals surface area contributed by atoms with Gasteiger partial charge < -0.3 is 19.8 Å². The monoisotopic (exact) mass is 297 g/mol. The fourth-order valence-electron chi connectivity index (χ4n) is 3.14. The number of carboxylic acids is 1. The van der Waals surface area contributed by atoms with Gasteiger partial charge in [0, 0.05) is 39.6 Å². The highest BCUT2D eigenvalue weighted by Crippen LogP contribution is 2.26. The van der Waals surface area contributed by atoms with Crippen LogP contribution in [0.5, 0.6) is 0 Å². The summed E-state index contributed by atoms with van der Waals surface area (Å²) < 4.78 is 0. The molecule has 118 valence electrons. The summed E-state index contributed by atoms with van der Waals surface area (Å²) in [6.45, 7) is 5.57. The zero-order valence-electron chi connectivity index (χ0n) is 12.8. The number of carbonyl (C=O) groups excluding carboxylic acids is 2. The first-order chi connectivity index (χ1) is 9.73. The zero-order valence-corrected chi connectivity index (χ0v) is 12.8. The number of carboxylic acid groups (broad SMARTS) is 1. The van der Waals surface area contributed by atoms with E-state index in [4.69, 9.17) is 5.11 Å². The van der Waals surface area contributed by atoms with E-state index < -0.39 is 11.5 Å². The van der Waals surface area contributed by atoms with E-state index in [2.05, 4.69) is 0 Å². The molecule has 0 radical (unpaired) electrons. The van der Waals surface area contributed by atoms with Crippen molar-refractivity contribution in [3.63, 3.8) is 0 Å². The molecule has 0 bridgehead atoms. The SMILES string of the molecule is CN1CCN(C(=O)N2CCC(CC(=O)O)C2)C(C)(C)C1=O. The molecule has 1 unspecified atom stereocenters. The summed E-state index contributed by atoms with van der Waals surface area (Å²) >= 11 is 0. The van der Waals surface area contributed by atoms with Gasteiger partial charge in [-0.05, 0) is 26.2 Å². The maximum absolute atomic E-state index is 12.6. The maximum Gasteiger partial charge on any atom is 0.320 e. The third-order valence-corrected chi connectivity index (χ3v) is 4.45. The molecule has 0 aromatic rings. The summed E-state index contributed by atoms with van der Waals surface area (Å²) in [6, 6.07) is -0.158. The molecule has 21 heavy (non-hydrogen) atoms. The normalized spacial score (nSPS) is 25.4. The van der Waals surface area contributed by atoms with Crippen LogP contribution in [0.1, 0.15) is 26.7 Å². The minimum atomic E-state index is -0.852. The van der Waals surface area contributed by atoms with Crippen LogP contribution in [-0.4, -0.2) is 76.5 Å². The molecule has 2 rings (SSSR count). The Morgan fingerprint density at radius 2 is 1.95 bits per heavy atom. The van der Waals surface area contributed by atoms with E-state index in [0.29, 0.717) is 32.6 Å². The third kappa shape index (κ3) is 2.96. The Kier molecular flexibility index (Phi) is 4.11. The van der Waals surface area contributed by atoms with E-state index in [9.17, 15) is 14.4 Å². The molecule has 0 aromatic carbocycles. The lowest BCUT2D eigenvalue weighted by molar-refractivity contribution is -0.144. The van der Waals surface area contributed by atoms with E-state index in [1.165, 1.54) is 0 Å². The maximum atomic E-state index is 12.6. The Hall–Kier alpha value is -1.79. The minimum Gasteiger partial charge on any atom is -0.481 e. The van der Waals surface area contributed by atoms with E-state index in [1.807, 2.05) is 0 Å². The number of nitrogens with zero attached hydrogens (tertiary/aromatic N) is 3. The second-order valence-corrected chi connectivity index (χ2v) is 6.42. The topological polar surface area (TPSA) is 81.2 Å². The molecule has 1 N–H and O–H groups in total. The first-order valence-corrected chi connectivity index (χ1v) is 7.27. The van der Waals surface area contributed by atoms with Crippen molar-refractivity contribution in [1.82, 2.24) is 14.7 Å². The number of hydrogen-bond donors (Lipinski definition) is 1. The van der Waals surface area contributed by atoms with Gasteiger partial charge >= 0.3 is 12.0 Å². The van der Waals surface area contributed by atoms with E-state index >= 15 is 0 Å². The second-order valence-electron chi connectivity index (χ2n) is 6.42. The van der Waals surface area contributed by atoms with Gasteiger partial charge in [0.2, 0.25) is 5.91 Å². The highest BCUT2D eigenvalue weighted by Gasteiger charge is 2.45. The lowest BCUT2D eigenvalue weighted by atomic mass is 9.98. The Labute approximate surface area is 124 Å². The standard InChI is InChI=1S/C14H23N3O4/c1-14(2)12(20)15(3)6-7-17(14)13(21)16-5-4-10(9-16)8-11(18)19/h10H,4-9H2,1-3H3,(H,18,19). The molecule has 0 spiro atoms. The van der Waals surface area contributed by atoms with Crippen LogP contribution in [0.15, 0.2) is 0 Å². The predicted octanol–water partition coefficient (Wildman–Crippen LogP) is 0.456. The lowest BCUT2D eigenvalue weighted by Gasteiger charge is -2.45. The van der Waals surface area contributed by atoms with Crippen LogP contribution < -0.4 is 0 Å². The van der Waals surface area contributed by atoms with Crippen molar-refractivity contribution < 1.29 is 19.5 Å². The largest absolute Gasteiger partial charge is 0.481 e. The Morgan fingerprint density at radius 1 is 1.29 bits per heavy atom. The van der Waals surface area contributed by atoms with Gasteiger partial charge in [-0.15, -0.1) is 0 Å². The van der Waals surface area contributed by atoms with Crippen LogP contribution in [0.25, 0.3) is 0 Å². The number of likely N-dealkylation sites (N-methyl/N-ethyl adjacent to an activating group) is 1. The highest BCUT2D eigenvalue weighted by molar-refractivity contribution is 5.91. The van der Waals surface area contributed by atoms with Crippen LogP contribution in [0.3, 0.4) is 0 Å². The van der Waals surface area contributed by atoms with Crippen molar-refractivity contribution in [2.24, 2.45) is 5.92 Å². The molecule has 2 aliphatic heterocycles. The average Bonchev–Trinajstić information content (AvgIpc) is 2.83. The molecule has 1 atom stereocenters. The number of rotatable bonds is 2. The quantitative estimate of drug-likeness (QED) is 0.802. The minimum absolute atomic E-state index is 0.0118. The molecule has 0 aliphatic carbocycles. The van der Waals surface area contributed by atoms with Crippen molar-refractivity contribution in [1.29, 1.82) is 0 Å². The average molecular weight is 297 g/mol. The molecule has 7 nitrogen and oxygen atoms in total. The van der Waals surface area contributed by atoms with Gasteiger partial charge in [-0.1, -0.05) is 0 Å². The molecular formula is C14H23N3O4. The number of amides is 3. The summed E-state index contributed by atoms with van der Waals surface area (Å²) in [5, 5.41) is 8.83. The Balaban J connectivity index is 2.04. The molecule has 2 fully saturated rings. The molecule has 0 saturated carbocycles. The van der Waals surface area contributed by atoms with Crippen LogP contribution in [0, 0.1) is 5.92 Å². The summed E-state index contributed by atoms with van der Waals surface area (Å²) in [4.78, 5) is 40.5. The summed E-state index contributed by atoms with van der Waals surface area (Å²) in [6.07, 6.45) is 0.801. The van der Waals surface area contributed by atoms with Gasteiger partial charge in [0.05, 0.1) is 0 Å². The number of piperazine rings is 1. The molecule has 3 amide bonds. The molecule has 2 heterocycles. The van der Waals surface area contributed by atoms with Crippen molar-refractivity contribution >= 4 is 17.9 Å². The number of urea groups is 1. The number of carbonyl (C=O) groups is 3. The summed E-state index contributed by atoms with van der Waals surface area (Å²) in [7, 11) is 1.74. The molecule has 2 saturated heterocycles. The number of likely N-dealkylation sites (tertiary alicyclic amines) is 1. The lowest BCUT2D eigenvalue weighted by Crippen LogP contribution is -2.65. The first-order valence-electron chi connectivity index (χ1n) is 7.27. The van der Waals surface area contributed by atoms with Gasteiger partial charge in [-0.3, -0.25) is 9.59 Å². The van der Waals surface area contributed by atoms with Gasteiger partial charge in [0.15, 0.2) is 0 Å². The molecule has 7 heteroatoms. The fraction of sp³-hybridized carbons (Fsp3) is 0.786. The van der Waals surface area contributed by atoms with Crippen LogP contribution in [0.2, 0.25) is 0 Å². The molecule has 2 aliphatic rings. The highest BCUT2D eigenvalue weighted by atomic mass is 16.4. The smallest absolute Gasteiger partial charge is 0.320 e. The first kappa shape index (κ1) is 15.6. The molecular weight excluding hydrogens is 274 g/mol. The number of hydrogen-bond acceptors (Lipinski definition) is 3. The van der Waals surface area contributed by atoms with E-state index in [0.717, 1.165) is 0 Å². The van der Waals surface area contributed by atoms with E-state index in [1.54, 1.807) is 35.6 Å². The van der Waals surface area contributed by atoms with Crippen molar-refractivity contribution in [3.05, 3.63) is 0 Å². The Morgan fingerprint density at radius 3 is 2.57 bits per heavy atom. The van der Waals surface area contributed by atoms with Gasteiger partial charge in [-0.2, -0.15) is 0 Å². The third-order valence-electron chi connectivity index (χ3n) is 4.45. The van der Waals surface area contributed by atoms with Crippen molar-refractivity contribution in [2.75, 3.05) is 33.2 Å². The van der Waals surface area contributed by atoms with Gasteiger partial charge in [0.1, 0.15) is 5.54 Å². The van der Waals surface area contributed by atoms with Crippen LogP contribution in [-0.2, 0) is 9.59 Å². The van der Waals surface area contributed by atoms with Gasteiger partial charge in [-0.25, -0.2) is 4.79 Å². The predicted molar refractivity (Wildman–Crippen MR) is 75.8 cm³/mol. The number of aliphatic carboxylic acids is 1. The fourth-order valence-corrected chi connectivity index (χ4v) is 3.14. The summed E-state index contributed by atoms with van der Waals surface area (Å²) in [5.41, 5.74) is -0.852. The summed E-state index contributed by atoms with van der Waals surface area (Å²) in [5.74, 6) is -0.884. The molecule has 0 aromatic heterocycles.